The number of allylic oxidation sites excluding steroid dienone is 2. The lowest BCUT2D eigenvalue weighted by molar-refractivity contribution is -0.112. The van der Waals surface area contributed by atoms with E-state index >= 15 is 0 Å². The minimum absolute atomic E-state index is 0.00521. The fourth-order valence-electron chi connectivity index (χ4n) is 0.752. The topological polar surface area (TPSA) is 66.9 Å². The molecule has 0 spiro atoms. The van der Waals surface area contributed by atoms with E-state index in [9.17, 15) is 4.79 Å². The standard InChI is InChI=1S/C6H7BrN2O/c7-4-2-1-3(4)5(8)6(9)10/h2-3,8H,1H2,(H2,9,10). The van der Waals surface area contributed by atoms with Crippen LogP contribution in [0.3, 0.4) is 0 Å². The van der Waals surface area contributed by atoms with Crippen molar-refractivity contribution in [3.63, 3.8) is 0 Å². The van der Waals surface area contributed by atoms with Crippen LogP contribution in [0.2, 0.25) is 0 Å². The number of halogens is 1. The van der Waals surface area contributed by atoms with Crippen LogP contribution < -0.4 is 5.73 Å². The summed E-state index contributed by atoms with van der Waals surface area (Å²) in [5.74, 6) is -0.701. The van der Waals surface area contributed by atoms with Gasteiger partial charge in [-0.3, -0.25) is 10.2 Å². The summed E-state index contributed by atoms with van der Waals surface area (Å²) in [6.07, 6.45) is 2.67. The van der Waals surface area contributed by atoms with Gasteiger partial charge >= 0.3 is 0 Å². The van der Waals surface area contributed by atoms with E-state index in [1.165, 1.54) is 0 Å². The second-order valence-corrected chi connectivity index (χ2v) is 3.07. The Bertz CT molecular complexity index is 222. The van der Waals surface area contributed by atoms with Gasteiger partial charge in [0.05, 0.1) is 0 Å². The number of primary amides is 1. The van der Waals surface area contributed by atoms with Crippen LogP contribution in [0.1, 0.15) is 6.42 Å². The fraction of sp³-hybridized carbons (Fsp3) is 0.333. The van der Waals surface area contributed by atoms with Gasteiger partial charge in [-0.2, -0.15) is 0 Å². The third-order valence-electron chi connectivity index (χ3n) is 1.50. The highest BCUT2D eigenvalue weighted by Crippen LogP contribution is 2.32. The third kappa shape index (κ3) is 1.11. The van der Waals surface area contributed by atoms with Gasteiger partial charge in [-0.25, -0.2) is 0 Å². The summed E-state index contributed by atoms with van der Waals surface area (Å²) in [5, 5.41) is 7.19. The van der Waals surface area contributed by atoms with Gasteiger partial charge in [0.25, 0.3) is 5.91 Å². The van der Waals surface area contributed by atoms with E-state index in [1.807, 2.05) is 6.08 Å². The normalized spacial score (nSPS) is 22.9. The smallest absolute Gasteiger partial charge is 0.263 e. The molecule has 0 aromatic heterocycles. The number of amides is 1. The molecular weight excluding hydrogens is 196 g/mol. The average Bonchev–Trinajstić information content (AvgIpc) is 1.84. The first kappa shape index (κ1) is 7.47. The molecule has 3 nitrogen and oxygen atoms in total. The maximum absolute atomic E-state index is 10.4. The summed E-state index contributed by atoms with van der Waals surface area (Å²) < 4.78 is 0.899. The first-order valence-electron chi connectivity index (χ1n) is 2.86. The zero-order valence-corrected chi connectivity index (χ0v) is 6.81. The van der Waals surface area contributed by atoms with Crippen molar-refractivity contribution in [1.82, 2.24) is 0 Å². The van der Waals surface area contributed by atoms with Crippen molar-refractivity contribution in [3.05, 3.63) is 10.6 Å². The molecule has 3 N–H and O–H groups in total. The van der Waals surface area contributed by atoms with Gasteiger partial charge in [0.2, 0.25) is 0 Å². The first-order chi connectivity index (χ1) is 4.63. The fourth-order valence-corrected chi connectivity index (χ4v) is 1.35. The molecule has 0 bridgehead atoms. The minimum Gasteiger partial charge on any atom is -0.365 e. The molecule has 0 saturated heterocycles. The van der Waals surface area contributed by atoms with Crippen molar-refractivity contribution < 1.29 is 4.79 Å². The van der Waals surface area contributed by atoms with Gasteiger partial charge in [-0.1, -0.05) is 22.0 Å². The highest BCUT2D eigenvalue weighted by Gasteiger charge is 2.26. The number of rotatable bonds is 2. The Morgan fingerprint density at radius 1 is 1.90 bits per heavy atom. The Balaban J connectivity index is 2.61. The predicted molar refractivity (Wildman–Crippen MR) is 42.0 cm³/mol. The van der Waals surface area contributed by atoms with Gasteiger partial charge in [0, 0.05) is 10.4 Å². The molecule has 0 saturated carbocycles. The van der Waals surface area contributed by atoms with Crippen LogP contribution >= 0.6 is 15.9 Å². The van der Waals surface area contributed by atoms with Crippen molar-refractivity contribution in [2.75, 3.05) is 0 Å². The Morgan fingerprint density at radius 2 is 2.50 bits per heavy atom. The van der Waals surface area contributed by atoms with E-state index in [4.69, 9.17) is 11.1 Å². The van der Waals surface area contributed by atoms with Crippen LogP contribution in [0.25, 0.3) is 0 Å². The number of nitrogens with two attached hydrogens (primary N) is 1. The largest absolute Gasteiger partial charge is 0.365 e. The van der Waals surface area contributed by atoms with Crippen molar-refractivity contribution in [2.45, 2.75) is 6.42 Å². The van der Waals surface area contributed by atoms with Crippen LogP contribution in [0, 0.1) is 11.3 Å². The summed E-state index contributed by atoms with van der Waals surface area (Å²) in [5.41, 5.74) is 4.89. The number of hydrogen-bond acceptors (Lipinski definition) is 2. The summed E-state index contributed by atoms with van der Waals surface area (Å²) in [6.45, 7) is 0. The van der Waals surface area contributed by atoms with E-state index in [2.05, 4.69) is 15.9 Å². The number of carbonyl (C=O) groups is 1. The molecular formula is C6H7BrN2O. The maximum atomic E-state index is 10.4. The van der Waals surface area contributed by atoms with E-state index < -0.39 is 5.91 Å². The zero-order chi connectivity index (χ0) is 7.72. The monoisotopic (exact) mass is 202 g/mol. The molecule has 0 fully saturated rings. The van der Waals surface area contributed by atoms with E-state index in [0.29, 0.717) is 0 Å². The molecule has 54 valence electrons. The lowest BCUT2D eigenvalue weighted by Gasteiger charge is -2.21. The van der Waals surface area contributed by atoms with Gasteiger partial charge < -0.3 is 5.73 Å². The van der Waals surface area contributed by atoms with Crippen LogP contribution in [0.4, 0.5) is 0 Å². The van der Waals surface area contributed by atoms with Crippen LogP contribution in [-0.2, 0) is 4.79 Å². The molecule has 0 heterocycles. The molecule has 1 amide bonds. The summed E-state index contributed by atoms with van der Waals surface area (Å²) in [7, 11) is 0. The molecule has 4 heteroatoms. The van der Waals surface area contributed by atoms with Crippen LogP contribution in [0.5, 0.6) is 0 Å². The minimum atomic E-state index is -0.630. The number of nitrogens with one attached hydrogen (secondary N) is 1. The van der Waals surface area contributed by atoms with Gasteiger partial charge in [0.15, 0.2) is 0 Å². The highest BCUT2D eigenvalue weighted by molar-refractivity contribution is 9.11. The van der Waals surface area contributed by atoms with E-state index in [-0.39, 0.29) is 11.6 Å². The molecule has 0 aromatic carbocycles. The Hall–Kier alpha value is -0.640. The lowest BCUT2D eigenvalue weighted by atomic mass is 9.90. The van der Waals surface area contributed by atoms with E-state index in [0.717, 1.165) is 10.9 Å². The molecule has 0 aliphatic heterocycles. The lowest BCUT2D eigenvalue weighted by Crippen LogP contribution is -2.32. The van der Waals surface area contributed by atoms with Crippen molar-refractivity contribution in [3.8, 4) is 0 Å². The molecule has 1 atom stereocenters. The second kappa shape index (κ2) is 2.54. The SMILES string of the molecule is N=C(C(N)=O)C1CC=C1Br. The van der Waals surface area contributed by atoms with Crippen molar-refractivity contribution in [2.24, 2.45) is 11.7 Å². The number of carbonyl (C=O) groups excluding carboxylic acids is 1. The molecule has 0 aromatic rings. The molecule has 1 aliphatic rings. The second-order valence-electron chi connectivity index (χ2n) is 2.16. The predicted octanol–water partition coefficient (Wildman–Crippen LogP) is 0.790. The number of hydrogen-bond donors (Lipinski definition) is 2. The summed E-state index contributed by atoms with van der Waals surface area (Å²) >= 11 is 3.21. The first-order valence-corrected chi connectivity index (χ1v) is 3.66. The summed E-state index contributed by atoms with van der Waals surface area (Å²) in [4.78, 5) is 10.4. The van der Waals surface area contributed by atoms with Gasteiger partial charge in [0.1, 0.15) is 5.71 Å². The highest BCUT2D eigenvalue weighted by atomic mass is 79.9. The molecule has 10 heavy (non-hydrogen) atoms. The zero-order valence-electron chi connectivity index (χ0n) is 5.23. The molecule has 1 rings (SSSR count). The van der Waals surface area contributed by atoms with Gasteiger partial charge in [-0.05, 0) is 6.42 Å². The van der Waals surface area contributed by atoms with E-state index in [1.54, 1.807) is 0 Å². The molecule has 1 aliphatic carbocycles. The molecule has 0 radical (unpaired) electrons. The Morgan fingerprint density at radius 3 is 2.60 bits per heavy atom. The van der Waals surface area contributed by atoms with Crippen molar-refractivity contribution in [1.29, 1.82) is 5.41 Å². The quantitative estimate of drug-likeness (QED) is 0.640. The third-order valence-corrected chi connectivity index (χ3v) is 2.37. The average molecular weight is 203 g/mol. The molecule has 1 unspecified atom stereocenters. The van der Waals surface area contributed by atoms with Crippen LogP contribution in [-0.4, -0.2) is 11.6 Å². The van der Waals surface area contributed by atoms with Crippen molar-refractivity contribution >= 4 is 27.5 Å². The maximum Gasteiger partial charge on any atom is 0.263 e. The Labute approximate surface area is 66.9 Å². The van der Waals surface area contributed by atoms with Gasteiger partial charge in [-0.15, -0.1) is 0 Å². The van der Waals surface area contributed by atoms with Crippen LogP contribution in [0.15, 0.2) is 10.6 Å². The Kier molecular flexibility index (Phi) is 1.89. The summed E-state index contributed by atoms with van der Waals surface area (Å²) in [6, 6.07) is 0.